The van der Waals surface area contributed by atoms with Gasteiger partial charge in [-0.25, -0.2) is 8.42 Å². The van der Waals surface area contributed by atoms with Gasteiger partial charge in [-0.1, -0.05) is 13.8 Å². The summed E-state index contributed by atoms with van der Waals surface area (Å²) in [6.07, 6.45) is 0. The van der Waals surface area contributed by atoms with Gasteiger partial charge in [0, 0.05) is 6.54 Å². The number of thiophene rings is 1. The van der Waals surface area contributed by atoms with Crippen LogP contribution in [0, 0.1) is 17.2 Å². The molecule has 0 aliphatic carbocycles. The second kappa shape index (κ2) is 6.83. The first-order valence-electron chi connectivity index (χ1n) is 6.06. The lowest BCUT2D eigenvalue weighted by atomic mass is 10.2. The predicted octanol–water partition coefficient (Wildman–Crippen LogP) is 1.06. The fraction of sp³-hybridized carbons (Fsp3) is 0.500. The van der Waals surface area contributed by atoms with E-state index in [0.717, 1.165) is 11.3 Å². The third-order valence-corrected chi connectivity index (χ3v) is 5.39. The first kappa shape index (κ1) is 16.6. The van der Waals surface area contributed by atoms with Crippen molar-refractivity contribution in [1.29, 1.82) is 5.26 Å². The first-order valence-corrected chi connectivity index (χ1v) is 8.36. The van der Waals surface area contributed by atoms with Gasteiger partial charge >= 0.3 is 0 Å². The van der Waals surface area contributed by atoms with Gasteiger partial charge in [0.1, 0.15) is 15.2 Å². The maximum absolute atomic E-state index is 12.0. The molecular weight excluding hydrogens is 298 g/mol. The Morgan fingerprint density at radius 2 is 2.05 bits per heavy atom. The Morgan fingerprint density at radius 1 is 1.40 bits per heavy atom. The molecule has 20 heavy (non-hydrogen) atoms. The van der Waals surface area contributed by atoms with Crippen LogP contribution in [0.2, 0.25) is 0 Å². The van der Waals surface area contributed by atoms with E-state index in [2.05, 4.69) is 10.0 Å². The van der Waals surface area contributed by atoms with Crippen molar-refractivity contribution in [3.8, 4) is 6.07 Å². The number of carbonyl (C=O) groups is 1. The average Bonchev–Trinajstić information content (AvgIpc) is 2.84. The van der Waals surface area contributed by atoms with Gasteiger partial charge in [0.15, 0.2) is 0 Å². The van der Waals surface area contributed by atoms with Crippen LogP contribution in [0.1, 0.15) is 25.6 Å². The van der Waals surface area contributed by atoms with E-state index in [4.69, 9.17) is 5.26 Å². The molecule has 8 heteroatoms. The minimum absolute atomic E-state index is 0.0255. The standard InChI is InChI=1S/C12H17N3O3S2/c1-8(2)7-14-12(16)9(3)15-20(17,18)11-5-4-10(6-13)19-11/h4-5,8-9,15H,7H2,1-3H3,(H,14,16). The Hall–Kier alpha value is -1.43. The first-order chi connectivity index (χ1) is 9.26. The molecular formula is C12H17N3O3S2. The van der Waals surface area contributed by atoms with Crippen molar-refractivity contribution >= 4 is 27.3 Å². The molecule has 0 aliphatic heterocycles. The lowest BCUT2D eigenvalue weighted by Gasteiger charge is -2.14. The molecule has 1 heterocycles. The van der Waals surface area contributed by atoms with Gasteiger partial charge in [-0.15, -0.1) is 11.3 Å². The van der Waals surface area contributed by atoms with Crippen molar-refractivity contribution in [3.63, 3.8) is 0 Å². The Morgan fingerprint density at radius 3 is 2.55 bits per heavy atom. The molecule has 1 atom stereocenters. The SMILES string of the molecule is CC(C)CNC(=O)C(C)NS(=O)(=O)c1ccc(C#N)s1. The number of sulfonamides is 1. The van der Waals surface area contributed by atoms with E-state index in [0.29, 0.717) is 17.3 Å². The van der Waals surface area contributed by atoms with E-state index < -0.39 is 16.1 Å². The maximum Gasteiger partial charge on any atom is 0.250 e. The van der Waals surface area contributed by atoms with Gasteiger partial charge in [0.2, 0.25) is 5.91 Å². The second-order valence-corrected chi connectivity index (χ2v) is 7.74. The molecule has 1 aromatic rings. The van der Waals surface area contributed by atoms with E-state index in [9.17, 15) is 13.2 Å². The summed E-state index contributed by atoms with van der Waals surface area (Å²) in [5.41, 5.74) is 0. The largest absolute Gasteiger partial charge is 0.354 e. The number of hydrogen-bond donors (Lipinski definition) is 2. The van der Waals surface area contributed by atoms with Gasteiger partial charge in [0.25, 0.3) is 10.0 Å². The van der Waals surface area contributed by atoms with Crippen molar-refractivity contribution in [1.82, 2.24) is 10.0 Å². The van der Waals surface area contributed by atoms with Crippen molar-refractivity contribution in [2.75, 3.05) is 6.54 Å². The minimum Gasteiger partial charge on any atom is -0.354 e. The number of rotatable bonds is 6. The van der Waals surface area contributed by atoms with E-state index in [-0.39, 0.29) is 10.1 Å². The van der Waals surface area contributed by atoms with Crippen molar-refractivity contribution in [2.45, 2.75) is 31.0 Å². The minimum atomic E-state index is -3.78. The molecule has 0 radical (unpaired) electrons. The van der Waals surface area contributed by atoms with Crippen LogP contribution >= 0.6 is 11.3 Å². The summed E-state index contributed by atoms with van der Waals surface area (Å²) in [7, 11) is -3.78. The number of nitriles is 1. The molecule has 0 saturated heterocycles. The van der Waals surface area contributed by atoms with Crippen LogP contribution in [0.15, 0.2) is 16.3 Å². The van der Waals surface area contributed by atoms with Crippen LogP contribution in [0.3, 0.4) is 0 Å². The smallest absolute Gasteiger partial charge is 0.250 e. The summed E-state index contributed by atoms with van der Waals surface area (Å²) in [5, 5.41) is 11.3. The van der Waals surface area contributed by atoms with Crippen LogP contribution in [-0.4, -0.2) is 26.9 Å². The number of hydrogen-bond acceptors (Lipinski definition) is 5. The van der Waals surface area contributed by atoms with Gasteiger partial charge in [-0.2, -0.15) is 9.98 Å². The highest BCUT2D eigenvalue weighted by Gasteiger charge is 2.23. The van der Waals surface area contributed by atoms with Crippen molar-refractivity contribution in [3.05, 3.63) is 17.0 Å². The third-order valence-electron chi connectivity index (χ3n) is 2.37. The van der Waals surface area contributed by atoms with Gasteiger partial charge < -0.3 is 5.32 Å². The summed E-state index contributed by atoms with van der Waals surface area (Å²) in [4.78, 5) is 12.0. The summed E-state index contributed by atoms with van der Waals surface area (Å²) in [6.45, 7) is 5.86. The third kappa shape index (κ3) is 4.59. The fourth-order valence-corrected chi connectivity index (χ4v) is 3.65. The number of nitrogens with one attached hydrogen (secondary N) is 2. The quantitative estimate of drug-likeness (QED) is 0.820. The van der Waals surface area contributed by atoms with Gasteiger partial charge in [-0.3, -0.25) is 4.79 Å². The van der Waals surface area contributed by atoms with Crippen molar-refractivity contribution in [2.24, 2.45) is 5.92 Å². The van der Waals surface area contributed by atoms with E-state index in [1.807, 2.05) is 19.9 Å². The molecule has 1 aromatic heterocycles. The summed E-state index contributed by atoms with van der Waals surface area (Å²) in [6, 6.07) is 3.79. The van der Waals surface area contributed by atoms with Crippen molar-refractivity contribution < 1.29 is 13.2 Å². The average molecular weight is 315 g/mol. The predicted molar refractivity (Wildman–Crippen MR) is 76.7 cm³/mol. The topological polar surface area (TPSA) is 99.1 Å². The van der Waals surface area contributed by atoms with Gasteiger partial charge in [-0.05, 0) is 25.0 Å². The molecule has 2 N–H and O–H groups in total. The second-order valence-electron chi connectivity index (χ2n) is 4.71. The van der Waals surface area contributed by atoms with Crippen LogP contribution in [0.4, 0.5) is 0 Å². The number of carbonyl (C=O) groups excluding carboxylic acids is 1. The monoisotopic (exact) mass is 315 g/mol. The van der Waals surface area contributed by atoms with Crippen LogP contribution in [-0.2, 0) is 14.8 Å². The molecule has 1 rings (SSSR count). The van der Waals surface area contributed by atoms with Crippen LogP contribution in [0.5, 0.6) is 0 Å². The zero-order chi connectivity index (χ0) is 15.3. The van der Waals surface area contributed by atoms with Crippen LogP contribution in [0.25, 0.3) is 0 Å². The van der Waals surface area contributed by atoms with Crippen LogP contribution < -0.4 is 10.0 Å². The lowest BCUT2D eigenvalue weighted by Crippen LogP contribution is -2.45. The molecule has 0 aliphatic rings. The Labute approximate surface area is 122 Å². The number of nitrogens with zero attached hydrogens (tertiary/aromatic N) is 1. The Bertz CT molecular complexity index is 614. The molecule has 1 unspecified atom stereocenters. The molecule has 1 amide bonds. The zero-order valence-corrected chi connectivity index (χ0v) is 13.1. The Kier molecular flexibility index (Phi) is 5.68. The normalized spacial score (nSPS) is 12.9. The summed E-state index contributed by atoms with van der Waals surface area (Å²) >= 11 is 0.868. The molecule has 6 nitrogen and oxygen atoms in total. The highest BCUT2D eigenvalue weighted by molar-refractivity contribution is 7.91. The molecule has 0 saturated carbocycles. The fourth-order valence-electron chi connectivity index (χ4n) is 1.33. The zero-order valence-electron chi connectivity index (χ0n) is 11.5. The lowest BCUT2D eigenvalue weighted by molar-refractivity contribution is -0.122. The highest BCUT2D eigenvalue weighted by Crippen LogP contribution is 2.20. The van der Waals surface area contributed by atoms with E-state index in [1.54, 1.807) is 0 Å². The Balaban J connectivity index is 2.71. The summed E-state index contributed by atoms with van der Waals surface area (Å²) in [5.74, 6) is -0.0856. The molecule has 110 valence electrons. The molecule has 0 bridgehead atoms. The number of amides is 1. The van der Waals surface area contributed by atoms with E-state index in [1.165, 1.54) is 19.1 Å². The molecule has 0 aromatic carbocycles. The maximum atomic E-state index is 12.0. The van der Waals surface area contributed by atoms with E-state index >= 15 is 0 Å². The highest BCUT2D eigenvalue weighted by atomic mass is 32.2. The summed E-state index contributed by atoms with van der Waals surface area (Å²) < 4.78 is 26.4. The molecule has 0 spiro atoms. The van der Waals surface area contributed by atoms with Gasteiger partial charge in [0.05, 0.1) is 6.04 Å². The molecule has 0 fully saturated rings.